The first-order valence-electron chi connectivity index (χ1n) is 8.28. The number of fused-ring (bicyclic) bond motifs is 1. The molecule has 120 valence electrons. The highest BCUT2D eigenvalue weighted by Gasteiger charge is 2.37. The molecule has 1 amide bonds. The van der Waals surface area contributed by atoms with Crippen molar-refractivity contribution in [2.24, 2.45) is 5.92 Å². The van der Waals surface area contributed by atoms with Gasteiger partial charge in [0.2, 0.25) is 0 Å². The minimum absolute atomic E-state index is 0.114. The number of amides is 1. The average Bonchev–Trinajstić information content (AvgIpc) is 2.98. The van der Waals surface area contributed by atoms with Gasteiger partial charge >= 0.3 is 5.97 Å². The molecule has 1 N–H and O–H groups in total. The molecule has 0 radical (unpaired) electrons. The van der Waals surface area contributed by atoms with E-state index in [1.54, 1.807) is 0 Å². The minimum atomic E-state index is -1.03. The molecule has 1 saturated carbocycles. The van der Waals surface area contributed by atoms with Gasteiger partial charge in [-0.25, -0.2) is 4.79 Å². The van der Waals surface area contributed by atoms with E-state index in [1.807, 2.05) is 11.8 Å². The second kappa shape index (κ2) is 6.15. The van der Waals surface area contributed by atoms with Crippen LogP contribution in [0, 0.1) is 5.92 Å². The molecular formula is C17H23NO4. The van der Waals surface area contributed by atoms with Gasteiger partial charge in [0.25, 0.3) is 5.91 Å². The van der Waals surface area contributed by atoms with E-state index in [1.165, 1.54) is 31.7 Å². The van der Waals surface area contributed by atoms with Crippen molar-refractivity contribution in [2.45, 2.75) is 57.9 Å². The van der Waals surface area contributed by atoms with E-state index in [0.717, 1.165) is 19.4 Å². The number of carbonyl (C=O) groups is 2. The Kier molecular flexibility index (Phi) is 4.23. The maximum atomic E-state index is 12.8. The molecule has 2 aliphatic rings. The number of aromatic carboxylic acids is 1. The molecule has 0 unspecified atom stereocenters. The molecular weight excluding hydrogens is 282 g/mol. The Morgan fingerprint density at radius 1 is 1.27 bits per heavy atom. The first-order chi connectivity index (χ1) is 10.6. The first-order valence-corrected chi connectivity index (χ1v) is 8.28. The summed E-state index contributed by atoms with van der Waals surface area (Å²) in [4.78, 5) is 26.0. The van der Waals surface area contributed by atoms with Crippen LogP contribution in [0.25, 0.3) is 0 Å². The highest BCUT2D eigenvalue weighted by molar-refractivity contribution is 5.96. The summed E-state index contributed by atoms with van der Waals surface area (Å²) in [6, 6.07) is 1.70. The largest absolute Gasteiger partial charge is 0.478 e. The zero-order chi connectivity index (χ0) is 15.7. The molecule has 0 bridgehead atoms. The SMILES string of the molecule is CCc1oc(C(=O)N2CCC[C@H]3CCCC[C@H]32)cc1C(=O)O. The molecule has 1 aliphatic heterocycles. The molecule has 2 fully saturated rings. The second-order valence-electron chi connectivity index (χ2n) is 6.36. The quantitative estimate of drug-likeness (QED) is 0.929. The third-order valence-electron chi connectivity index (χ3n) is 5.08. The van der Waals surface area contributed by atoms with Gasteiger partial charge in [-0.1, -0.05) is 19.8 Å². The van der Waals surface area contributed by atoms with Crippen molar-refractivity contribution in [2.75, 3.05) is 6.54 Å². The molecule has 3 rings (SSSR count). The molecule has 1 saturated heterocycles. The van der Waals surface area contributed by atoms with Crippen molar-refractivity contribution >= 4 is 11.9 Å². The van der Waals surface area contributed by atoms with Crippen molar-refractivity contribution < 1.29 is 19.1 Å². The van der Waals surface area contributed by atoms with Gasteiger partial charge in [0.15, 0.2) is 5.76 Å². The number of piperidine rings is 1. The van der Waals surface area contributed by atoms with Crippen LogP contribution in [0.5, 0.6) is 0 Å². The van der Waals surface area contributed by atoms with E-state index in [2.05, 4.69) is 0 Å². The van der Waals surface area contributed by atoms with E-state index in [0.29, 0.717) is 24.1 Å². The topological polar surface area (TPSA) is 70.8 Å². The van der Waals surface area contributed by atoms with E-state index in [9.17, 15) is 14.7 Å². The van der Waals surface area contributed by atoms with Crippen molar-refractivity contribution in [1.29, 1.82) is 0 Å². The van der Waals surface area contributed by atoms with Crippen LogP contribution in [0.4, 0.5) is 0 Å². The summed E-state index contributed by atoms with van der Waals surface area (Å²) < 4.78 is 5.55. The minimum Gasteiger partial charge on any atom is -0.478 e. The van der Waals surface area contributed by atoms with Crippen LogP contribution in [0.15, 0.2) is 10.5 Å². The summed E-state index contributed by atoms with van der Waals surface area (Å²) in [5.41, 5.74) is 0.114. The molecule has 1 aliphatic carbocycles. The molecule has 22 heavy (non-hydrogen) atoms. The fourth-order valence-corrected chi connectivity index (χ4v) is 4.00. The monoisotopic (exact) mass is 305 g/mol. The maximum Gasteiger partial charge on any atom is 0.339 e. The number of furan rings is 1. The van der Waals surface area contributed by atoms with Crippen LogP contribution >= 0.6 is 0 Å². The number of nitrogens with zero attached hydrogens (tertiary/aromatic N) is 1. The lowest BCUT2D eigenvalue weighted by atomic mass is 9.78. The van der Waals surface area contributed by atoms with E-state index in [4.69, 9.17) is 4.42 Å². The Morgan fingerprint density at radius 3 is 2.68 bits per heavy atom. The Bertz CT molecular complexity index is 575. The summed E-state index contributed by atoms with van der Waals surface area (Å²) in [7, 11) is 0. The van der Waals surface area contributed by atoms with Crippen molar-refractivity contribution in [3.05, 3.63) is 23.2 Å². The Morgan fingerprint density at radius 2 is 2.00 bits per heavy atom. The normalized spacial score (nSPS) is 24.9. The van der Waals surface area contributed by atoms with Crippen LogP contribution in [-0.2, 0) is 6.42 Å². The third kappa shape index (κ3) is 2.64. The van der Waals surface area contributed by atoms with Crippen LogP contribution < -0.4 is 0 Å². The fourth-order valence-electron chi connectivity index (χ4n) is 4.00. The van der Waals surface area contributed by atoms with Gasteiger partial charge in [0.05, 0.1) is 0 Å². The number of carbonyl (C=O) groups excluding carboxylic acids is 1. The van der Waals surface area contributed by atoms with Crippen molar-refractivity contribution in [3.8, 4) is 0 Å². The summed E-state index contributed by atoms with van der Waals surface area (Å²) in [5.74, 6) is -0.00725. The zero-order valence-electron chi connectivity index (χ0n) is 13.0. The molecule has 0 spiro atoms. The van der Waals surface area contributed by atoms with Gasteiger partial charge < -0.3 is 14.4 Å². The second-order valence-corrected chi connectivity index (χ2v) is 6.36. The van der Waals surface area contributed by atoms with Crippen LogP contribution in [0.1, 0.15) is 72.1 Å². The number of hydrogen-bond donors (Lipinski definition) is 1. The van der Waals surface area contributed by atoms with Gasteiger partial charge in [-0.15, -0.1) is 0 Å². The molecule has 5 heteroatoms. The van der Waals surface area contributed by atoms with Crippen LogP contribution in [-0.4, -0.2) is 34.5 Å². The standard InChI is InChI=1S/C17H23NO4/c1-2-14-12(17(20)21)10-15(22-14)16(19)18-9-5-7-11-6-3-4-8-13(11)18/h10-11,13H,2-9H2,1H3,(H,20,21)/t11-,13-/m1/s1. The number of aryl methyl sites for hydroxylation is 1. The summed E-state index contributed by atoms with van der Waals surface area (Å²) in [5, 5.41) is 9.20. The number of carboxylic acid groups (broad SMARTS) is 1. The third-order valence-corrected chi connectivity index (χ3v) is 5.08. The maximum absolute atomic E-state index is 12.8. The number of hydrogen-bond acceptors (Lipinski definition) is 3. The molecule has 0 aromatic carbocycles. The highest BCUT2D eigenvalue weighted by atomic mass is 16.4. The van der Waals surface area contributed by atoms with Crippen molar-refractivity contribution in [3.63, 3.8) is 0 Å². The van der Waals surface area contributed by atoms with Crippen LogP contribution in [0.3, 0.4) is 0 Å². The summed E-state index contributed by atoms with van der Waals surface area (Å²) in [6.45, 7) is 2.59. The van der Waals surface area contributed by atoms with Gasteiger partial charge in [0, 0.05) is 25.1 Å². The van der Waals surface area contributed by atoms with Gasteiger partial charge in [-0.2, -0.15) is 0 Å². The lowest BCUT2D eigenvalue weighted by Crippen LogP contribution is -2.49. The number of likely N-dealkylation sites (tertiary alicyclic amines) is 1. The first kappa shape index (κ1) is 15.1. The summed E-state index contributed by atoms with van der Waals surface area (Å²) in [6.07, 6.45) is 7.39. The Hall–Kier alpha value is -1.78. The summed E-state index contributed by atoms with van der Waals surface area (Å²) >= 11 is 0. The van der Waals surface area contributed by atoms with E-state index < -0.39 is 5.97 Å². The smallest absolute Gasteiger partial charge is 0.339 e. The fraction of sp³-hybridized carbons (Fsp3) is 0.647. The average molecular weight is 305 g/mol. The number of carboxylic acids is 1. The predicted octanol–water partition coefficient (Wildman–Crippen LogP) is 3.34. The highest BCUT2D eigenvalue weighted by Crippen LogP contribution is 2.36. The number of rotatable bonds is 3. The van der Waals surface area contributed by atoms with Gasteiger partial charge in [-0.3, -0.25) is 4.79 Å². The lowest BCUT2D eigenvalue weighted by Gasteiger charge is -2.43. The van der Waals surface area contributed by atoms with Crippen LogP contribution in [0.2, 0.25) is 0 Å². The van der Waals surface area contributed by atoms with E-state index >= 15 is 0 Å². The van der Waals surface area contributed by atoms with Crippen molar-refractivity contribution in [1.82, 2.24) is 4.90 Å². The molecule has 2 atom stereocenters. The lowest BCUT2D eigenvalue weighted by molar-refractivity contribution is 0.0361. The molecule has 1 aromatic rings. The Balaban J connectivity index is 1.85. The Labute approximate surface area is 130 Å². The van der Waals surface area contributed by atoms with Gasteiger partial charge in [0.1, 0.15) is 11.3 Å². The predicted molar refractivity (Wildman–Crippen MR) is 81.1 cm³/mol. The van der Waals surface area contributed by atoms with Gasteiger partial charge in [-0.05, 0) is 31.6 Å². The molecule has 2 heterocycles. The van der Waals surface area contributed by atoms with E-state index in [-0.39, 0.29) is 17.2 Å². The molecule has 1 aromatic heterocycles. The zero-order valence-corrected chi connectivity index (χ0v) is 13.0. The molecule has 5 nitrogen and oxygen atoms in total.